The standard InChI is InChI=1S/C10H18N2O.ClH/c13-10(8-5-6-11-7-8)12-9-3-1-2-4-9;/h8-9,11H,1-7H2,(H,12,13);1H/t8-;/m0./s1. The number of halogens is 1. The van der Waals surface area contributed by atoms with Crippen molar-refractivity contribution in [1.29, 1.82) is 0 Å². The molecule has 0 radical (unpaired) electrons. The van der Waals surface area contributed by atoms with E-state index in [0.717, 1.165) is 19.5 Å². The Labute approximate surface area is 91.4 Å². The van der Waals surface area contributed by atoms with E-state index in [1.54, 1.807) is 0 Å². The van der Waals surface area contributed by atoms with Crippen LogP contribution in [0, 0.1) is 5.92 Å². The molecule has 1 saturated heterocycles. The minimum Gasteiger partial charge on any atom is -0.353 e. The fraction of sp³-hybridized carbons (Fsp3) is 0.900. The molecule has 4 heteroatoms. The Hall–Kier alpha value is -0.280. The lowest BCUT2D eigenvalue weighted by molar-refractivity contribution is -0.125. The SMILES string of the molecule is Cl.O=C(NC1CCCC1)[C@H]1CCNC1. The summed E-state index contributed by atoms with van der Waals surface area (Å²) in [6.07, 6.45) is 5.96. The molecule has 0 bridgehead atoms. The summed E-state index contributed by atoms with van der Waals surface area (Å²) in [6.45, 7) is 1.88. The Bertz CT molecular complexity index is 187. The molecule has 2 aliphatic rings. The van der Waals surface area contributed by atoms with Gasteiger partial charge < -0.3 is 10.6 Å². The minimum absolute atomic E-state index is 0. The van der Waals surface area contributed by atoms with Crippen molar-refractivity contribution < 1.29 is 4.79 Å². The van der Waals surface area contributed by atoms with Crippen LogP contribution in [0.5, 0.6) is 0 Å². The van der Waals surface area contributed by atoms with Gasteiger partial charge in [0.15, 0.2) is 0 Å². The highest BCUT2D eigenvalue weighted by Gasteiger charge is 2.25. The van der Waals surface area contributed by atoms with Crippen LogP contribution in [0.1, 0.15) is 32.1 Å². The van der Waals surface area contributed by atoms with Crippen LogP contribution in [-0.2, 0) is 4.79 Å². The summed E-state index contributed by atoms with van der Waals surface area (Å²) < 4.78 is 0. The highest BCUT2D eigenvalue weighted by molar-refractivity contribution is 5.85. The molecule has 1 atom stereocenters. The molecule has 1 heterocycles. The van der Waals surface area contributed by atoms with Crippen molar-refractivity contribution in [2.75, 3.05) is 13.1 Å². The molecular formula is C10H19ClN2O. The Morgan fingerprint density at radius 2 is 1.93 bits per heavy atom. The number of amides is 1. The molecule has 1 aliphatic heterocycles. The van der Waals surface area contributed by atoms with Crippen LogP contribution in [0.25, 0.3) is 0 Å². The molecule has 1 amide bonds. The fourth-order valence-corrected chi connectivity index (χ4v) is 2.27. The predicted octanol–water partition coefficient (Wildman–Crippen LogP) is 1.08. The van der Waals surface area contributed by atoms with Crippen LogP contribution in [0.4, 0.5) is 0 Å². The number of hydrogen-bond donors (Lipinski definition) is 2. The summed E-state index contributed by atoms with van der Waals surface area (Å²) >= 11 is 0. The zero-order valence-electron chi connectivity index (χ0n) is 8.42. The van der Waals surface area contributed by atoms with Crippen LogP contribution in [0.15, 0.2) is 0 Å². The maximum Gasteiger partial charge on any atom is 0.224 e. The zero-order chi connectivity index (χ0) is 9.10. The van der Waals surface area contributed by atoms with Gasteiger partial charge in [-0.15, -0.1) is 12.4 Å². The van der Waals surface area contributed by atoms with Gasteiger partial charge in [0.25, 0.3) is 0 Å². The molecule has 0 aromatic carbocycles. The third kappa shape index (κ3) is 2.85. The van der Waals surface area contributed by atoms with E-state index in [1.165, 1.54) is 25.7 Å². The van der Waals surface area contributed by atoms with E-state index in [9.17, 15) is 4.79 Å². The van der Waals surface area contributed by atoms with Gasteiger partial charge in [-0.05, 0) is 25.8 Å². The minimum atomic E-state index is 0. The lowest BCUT2D eigenvalue weighted by Crippen LogP contribution is -2.38. The Morgan fingerprint density at radius 3 is 2.50 bits per heavy atom. The van der Waals surface area contributed by atoms with Crippen molar-refractivity contribution >= 4 is 18.3 Å². The third-order valence-corrected chi connectivity index (χ3v) is 3.13. The van der Waals surface area contributed by atoms with Crippen LogP contribution >= 0.6 is 12.4 Å². The average Bonchev–Trinajstić information content (AvgIpc) is 2.74. The molecule has 14 heavy (non-hydrogen) atoms. The smallest absolute Gasteiger partial charge is 0.224 e. The third-order valence-electron chi connectivity index (χ3n) is 3.13. The van der Waals surface area contributed by atoms with Gasteiger partial charge in [-0.1, -0.05) is 12.8 Å². The van der Waals surface area contributed by atoms with Crippen LogP contribution in [0.2, 0.25) is 0 Å². The largest absolute Gasteiger partial charge is 0.353 e. The molecular weight excluding hydrogens is 200 g/mol. The first-order chi connectivity index (χ1) is 6.36. The fourth-order valence-electron chi connectivity index (χ4n) is 2.27. The van der Waals surface area contributed by atoms with E-state index < -0.39 is 0 Å². The van der Waals surface area contributed by atoms with Crippen LogP contribution in [0.3, 0.4) is 0 Å². The first-order valence-corrected chi connectivity index (χ1v) is 5.37. The molecule has 0 aromatic heterocycles. The zero-order valence-corrected chi connectivity index (χ0v) is 9.24. The Balaban J connectivity index is 0.000000980. The molecule has 1 saturated carbocycles. The maximum absolute atomic E-state index is 11.7. The second-order valence-corrected chi connectivity index (χ2v) is 4.18. The quantitative estimate of drug-likeness (QED) is 0.728. The molecule has 2 fully saturated rings. The number of hydrogen-bond acceptors (Lipinski definition) is 2. The highest BCUT2D eigenvalue weighted by atomic mass is 35.5. The van der Waals surface area contributed by atoms with E-state index in [4.69, 9.17) is 0 Å². The van der Waals surface area contributed by atoms with Gasteiger partial charge in [0.2, 0.25) is 5.91 Å². The average molecular weight is 219 g/mol. The lowest BCUT2D eigenvalue weighted by atomic mass is 10.1. The molecule has 2 N–H and O–H groups in total. The van der Waals surface area contributed by atoms with Gasteiger partial charge in [0, 0.05) is 12.6 Å². The van der Waals surface area contributed by atoms with Crippen LogP contribution < -0.4 is 10.6 Å². The van der Waals surface area contributed by atoms with Crippen LogP contribution in [-0.4, -0.2) is 25.0 Å². The summed E-state index contributed by atoms with van der Waals surface area (Å²) in [4.78, 5) is 11.7. The van der Waals surface area contributed by atoms with Gasteiger partial charge in [0.1, 0.15) is 0 Å². The second kappa shape index (κ2) is 5.56. The molecule has 82 valence electrons. The van der Waals surface area contributed by atoms with Crippen molar-refractivity contribution in [2.24, 2.45) is 5.92 Å². The topological polar surface area (TPSA) is 41.1 Å². The monoisotopic (exact) mass is 218 g/mol. The van der Waals surface area contributed by atoms with E-state index in [-0.39, 0.29) is 24.2 Å². The first-order valence-electron chi connectivity index (χ1n) is 5.37. The molecule has 0 aromatic rings. The van der Waals surface area contributed by atoms with E-state index in [2.05, 4.69) is 10.6 Å². The number of nitrogens with one attached hydrogen (secondary N) is 2. The van der Waals surface area contributed by atoms with Crippen molar-refractivity contribution in [3.05, 3.63) is 0 Å². The van der Waals surface area contributed by atoms with Crippen molar-refractivity contribution in [3.8, 4) is 0 Å². The predicted molar refractivity (Wildman–Crippen MR) is 58.6 cm³/mol. The second-order valence-electron chi connectivity index (χ2n) is 4.18. The Kier molecular flexibility index (Phi) is 4.69. The molecule has 1 aliphatic carbocycles. The van der Waals surface area contributed by atoms with Crippen molar-refractivity contribution in [1.82, 2.24) is 10.6 Å². The van der Waals surface area contributed by atoms with E-state index >= 15 is 0 Å². The summed E-state index contributed by atoms with van der Waals surface area (Å²) in [5, 5.41) is 6.36. The molecule has 2 rings (SSSR count). The number of rotatable bonds is 2. The van der Waals surface area contributed by atoms with E-state index in [1.807, 2.05) is 0 Å². The van der Waals surface area contributed by atoms with Gasteiger partial charge in [-0.25, -0.2) is 0 Å². The highest BCUT2D eigenvalue weighted by Crippen LogP contribution is 2.18. The lowest BCUT2D eigenvalue weighted by Gasteiger charge is -2.14. The maximum atomic E-state index is 11.7. The van der Waals surface area contributed by atoms with Gasteiger partial charge in [-0.2, -0.15) is 0 Å². The summed E-state index contributed by atoms with van der Waals surface area (Å²) in [7, 11) is 0. The molecule has 0 spiro atoms. The number of carbonyl (C=O) groups excluding carboxylic acids is 1. The summed E-state index contributed by atoms with van der Waals surface area (Å²) in [5.74, 6) is 0.512. The Morgan fingerprint density at radius 1 is 1.21 bits per heavy atom. The summed E-state index contributed by atoms with van der Waals surface area (Å²) in [5.41, 5.74) is 0. The van der Waals surface area contributed by atoms with Crippen molar-refractivity contribution in [2.45, 2.75) is 38.1 Å². The van der Waals surface area contributed by atoms with Crippen molar-refractivity contribution in [3.63, 3.8) is 0 Å². The summed E-state index contributed by atoms with van der Waals surface area (Å²) in [6, 6.07) is 0.480. The normalized spacial score (nSPS) is 27.3. The van der Waals surface area contributed by atoms with Gasteiger partial charge in [-0.3, -0.25) is 4.79 Å². The first kappa shape index (κ1) is 11.8. The van der Waals surface area contributed by atoms with Gasteiger partial charge >= 0.3 is 0 Å². The molecule has 3 nitrogen and oxygen atoms in total. The van der Waals surface area contributed by atoms with Gasteiger partial charge in [0.05, 0.1) is 5.92 Å². The number of carbonyl (C=O) groups is 1. The molecule has 0 unspecified atom stereocenters. The van der Waals surface area contributed by atoms with E-state index in [0.29, 0.717) is 6.04 Å².